The van der Waals surface area contributed by atoms with Crippen molar-refractivity contribution in [3.05, 3.63) is 0 Å². The van der Waals surface area contributed by atoms with Crippen LogP contribution in [0.5, 0.6) is 0 Å². The number of rotatable bonds is 3. The number of thioether (sulfide) groups is 1. The highest BCUT2D eigenvalue weighted by Gasteiger charge is 2.29. The molecule has 2 fully saturated rings. The lowest BCUT2D eigenvalue weighted by atomic mass is 9.94. The molecule has 1 amide bonds. The van der Waals surface area contributed by atoms with Gasteiger partial charge in [0.25, 0.3) is 0 Å². The predicted molar refractivity (Wildman–Crippen MR) is 74.8 cm³/mol. The molecule has 104 valence electrons. The van der Waals surface area contributed by atoms with E-state index in [1.54, 1.807) is 0 Å². The van der Waals surface area contributed by atoms with Crippen LogP contribution < -0.4 is 10.6 Å². The van der Waals surface area contributed by atoms with E-state index >= 15 is 0 Å². The third-order valence-corrected chi connectivity index (χ3v) is 4.93. The van der Waals surface area contributed by atoms with E-state index < -0.39 is 5.60 Å². The first-order valence-electron chi connectivity index (χ1n) is 7.01. The topological polar surface area (TPSA) is 61.4 Å². The molecule has 1 aliphatic carbocycles. The highest BCUT2D eigenvalue weighted by atomic mass is 32.2. The summed E-state index contributed by atoms with van der Waals surface area (Å²) in [4.78, 5) is 12.0. The van der Waals surface area contributed by atoms with Gasteiger partial charge < -0.3 is 15.7 Å². The van der Waals surface area contributed by atoms with Crippen LogP contribution in [-0.2, 0) is 4.79 Å². The van der Waals surface area contributed by atoms with Crippen LogP contribution in [0.2, 0.25) is 0 Å². The zero-order valence-corrected chi connectivity index (χ0v) is 11.7. The van der Waals surface area contributed by atoms with Gasteiger partial charge in [-0.2, -0.15) is 11.8 Å². The first-order valence-corrected chi connectivity index (χ1v) is 8.16. The zero-order chi connectivity index (χ0) is 12.8. The summed E-state index contributed by atoms with van der Waals surface area (Å²) >= 11 is 1.81. The molecule has 0 aromatic carbocycles. The molecule has 0 radical (unpaired) electrons. The minimum Gasteiger partial charge on any atom is -0.388 e. The van der Waals surface area contributed by atoms with Gasteiger partial charge in [0, 0.05) is 24.6 Å². The molecular weight excluding hydrogens is 248 g/mol. The number of carbonyl (C=O) groups is 1. The van der Waals surface area contributed by atoms with E-state index in [4.69, 9.17) is 0 Å². The van der Waals surface area contributed by atoms with Crippen molar-refractivity contribution >= 4 is 17.7 Å². The van der Waals surface area contributed by atoms with E-state index in [2.05, 4.69) is 10.6 Å². The molecule has 0 aromatic rings. The summed E-state index contributed by atoms with van der Waals surface area (Å²) in [7, 11) is 0. The van der Waals surface area contributed by atoms with Gasteiger partial charge >= 0.3 is 0 Å². The largest absolute Gasteiger partial charge is 0.388 e. The fraction of sp³-hybridized carbons (Fsp3) is 0.923. The maximum atomic E-state index is 12.0. The number of hydrogen-bond acceptors (Lipinski definition) is 4. The van der Waals surface area contributed by atoms with Gasteiger partial charge in [-0.1, -0.05) is 25.7 Å². The Bertz CT molecular complexity index is 272. The Labute approximate surface area is 113 Å². The van der Waals surface area contributed by atoms with E-state index in [-0.39, 0.29) is 11.9 Å². The molecule has 18 heavy (non-hydrogen) atoms. The van der Waals surface area contributed by atoms with Crippen LogP contribution in [0.15, 0.2) is 0 Å². The number of amides is 1. The average Bonchev–Trinajstić information content (AvgIpc) is 2.62. The fourth-order valence-electron chi connectivity index (χ4n) is 2.67. The molecule has 2 aliphatic rings. The first kappa shape index (κ1) is 14.2. The Morgan fingerprint density at radius 1 is 1.33 bits per heavy atom. The van der Waals surface area contributed by atoms with Crippen LogP contribution >= 0.6 is 11.8 Å². The van der Waals surface area contributed by atoms with Gasteiger partial charge in [-0.05, 0) is 12.8 Å². The van der Waals surface area contributed by atoms with E-state index in [0.717, 1.165) is 43.7 Å². The van der Waals surface area contributed by atoms with Crippen molar-refractivity contribution in [1.82, 2.24) is 10.6 Å². The summed E-state index contributed by atoms with van der Waals surface area (Å²) in [6, 6.07) is -0.0851. The SMILES string of the molecule is O=C(NCC1(O)CCCCCC1)C1CSCCN1. The summed E-state index contributed by atoms with van der Waals surface area (Å²) in [5.41, 5.74) is -0.673. The molecule has 1 unspecified atom stereocenters. The molecule has 3 N–H and O–H groups in total. The van der Waals surface area contributed by atoms with Crippen LogP contribution in [0.25, 0.3) is 0 Å². The maximum absolute atomic E-state index is 12.0. The van der Waals surface area contributed by atoms with Crippen molar-refractivity contribution in [1.29, 1.82) is 0 Å². The molecule has 1 saturated carbocycles. The minimum absolute atomic E-state index is 0.0415. The Kier molecular flexibility index (Phi) is 5.33. The van der Waals surface area contributed by atoms with E-state index in [1.165, 1.54) is 12.8 Å². The third kappa shape index (κ3) is 4.14. The normalized spacial score (nSPS) is 28.4. The van der Waals surface area contributed by atoms with Crippen molar-refractivity contribution in [3.63, 3.8) is 0 Å². The van der Waals surface area contributed by atoms with Crippen molar-refractivity contribution in [2.24, 2.45) is 0 Å². The zero-order valence-electron chi connectivity index (χ0n) is 10.9. The summed E-state index contributed by atoms with van der Waals surface area (Å²) in [6.07, 6.45) is 6.20. The highest BCUT2D eigenvalue weighted by Crippen LogP contribution is 2.26. The van der Waals surface area contributed by atoms with Crippen LogP contribution in [-0.4, -0.2) is 47.3 Å². The second-order valence-corrected chi connectivity index (χ2v) is 6.59. The number of carbonyl (C=O) groups excluding carboxylic acids is 1. The molecule has 0 aromatic heterocycles. The van der Waals surface area contributed by atoms with Crippen LogP contribution in [0.3, 0.4) is 0 Å². The summed E-state index contributed by atoms with van der Waals surface area (Å²) < 4.78 is 0. The lowest BCUT2D eigenvalue weighted by Gasteiger charge is -2.29. The van der Waals surface area contributed by atoms with Gasteiger partial charge in [0.15, 0.2) is 0 Å². The molecule has 0 bridgehead atoms. The second kappa shape index (κ2) is 6.78. The Morgan fingerprint density at radius 2 is 2.06 bits per heavy atom. The van der Waals surface area contributed by atoms with Crippen LogP contribution in [0.1, 0.15) is 38.5 Å². The minimum atomic E-state index is -0.673. The number of hydrogen-bond donors (Lipinski definition) is 3. The van der Waals surface area contributed by atoms with E-state index in [9.17, 15) is 9.90 Å². The standard InChI is InChI=1S/C13H24N2O2S/c16-12(11-9-18-8-7-14-11)15-10-13(17)5-3-1-2-4-6-13/h11,14,17H,1-10H2,(H,15,16). The van der Waals surface area contributed by atoms with Crippen molar-refractivity contribution < 1.29 is 9.90 Å². The molecule has 1 saturated heterocycles. The van der Waals surface area contributed by atoms with Crippen molar-refractivity contribution in [3.8, 4) is 0 Å². The second-order valence-electron chi connectivity index (χ2n) is 5.44. The van der Waals surface area contributed by atoms with Crippen LogP contribution in [0, 0.1) is 0 Å². The smallest absolute Gasteiger partial charge is 0.238 e. The summed E-state index contributed by atoms with van der Waals surface area (Å²) in [5.74, 6) is 1.96. The van der Waals surface area contributed by atoms with Gasteiger partial charge in [0.05, 0.1) is 11.6 Å². The number of nitrogens with one attached hydrogen (secondary N) is 2. The molecule has 1 aliphatic heterocycles. The number of aliphatic hydroxyl groups is 1. The lowest BCUT2D eigenvalue weighted by molar-refractivity contribution is -0.124. The quantitative estimate of drug-likeness (QED) is 0.668. The van der Waals surface area contributed by atoms with Gasteiger partial charge in [-0.15, -0.1) is 0 Å². The average molecular weight is 272 g/mol. The monoisotopic (exact) mass is 272 g/mol. The lowest BCUT2D eigenvalue weighted by Crippen LogP contribution is -2.52. The Morgan fingerprint density at radius 3 is 2.67 bits per heavy atom. The third-order valence-electron chi connectivity index (χ3n) is 3.86. The molecule has 0 spiro atoms. The van der Waals surface area contributed by atoms with Gasteiger partial charge in [0.2, 0.25) is 5.91 Å². The molecule has 1 heterocycles. The van der Waals surface area contributed by atoms with E-state index in [0.29, 0.717) is 6.54 Å². The maximum Gasteiger partial charge on any atom is 0.238 e. The Hall–Kier alpha value is -0.260. The highest BCUT2D eigenvalue weighted by molar-refractivity contribution is 7.99. The van der Waals surface area contributed by atoms with Crippen molar-refractivity contribution in [2.45, 2.75) is 50.2 Å². The van der Waals surface area contributed by atoms with Crippen molar-refractivity contribution in [2.75, 3.05) is 24.6 Å². The van der Waals surface area contributed by atoms with Crippen LogP contribution in [0.4, 0.5) is 0 Å². The fourth-order valence-corrected chi connectivity index (χ4v) is 3.61. The van der Waals surface area contributed by atoms with Gasteiger partial charge in [0.1, 0.15) is 0 Å². The first-order chi connectivity index (χ1) is 8.70. The summed E-state index contributed by atoms with van der Waals surface area (Å²) in [5, 5.41) is 16.6. The van der Waals surface area contributed by atoms with Gasteiger partial charge in [-0.25, -0.2) is 0 Å². The molecule has 5 heteroatoms. The molecule has 4 nitrogen and oxygen atoms in total. The summed E-state index contributed by atoms with van der Waals surface area (Å²) in [6.45, 7) is 1.31. The molecule has 2 rings (SSSR count). The van der Waals surface area contributed by atoms with E-state index in [1.807, 2.05) is 11.8 Å². The van der Waals surface area contributed by atoms with Gasteiger partial charge in [-0.3, -0.25) is 4.79 Å². The predicted octanol–water partition coefficient (Wildman–Crippen LogP) is 0.893. The molecule has 1 atom stereocenters. The Balaban J connectivity index is 1.76. The molecular formula is C13H24N2O2S.